The number of carbonyl (C=O) groups excluding carboxylic acids is 2. The molecule has 7 heteroatoms. The van der Waals surface area contributed by atoms with Crippen molar-refractivity contribution < 1.29 is 14.0 Å². The van der Waals surface area contributed by atoms with Gasteiger partial charge in [0.05, 0.1) is 6.42 Å². The third kappa shape index (κ3) is 5.46. The monoisotopic (exact) mass is 357 g/mol. The molecule has 1 fully saturated rings. The fraction of sp³-hybridized carbons (Fsp3) is 0.529. The van der Waals surface area contributed by atoms with Crippen LogP contribution in [0.3, 0.4) is 0 Å². The number of benzene rings is 1. The molecule has 0 aliphatic carbocycles. The number of carbonyl (C=O) groups is 2. The summed E-state index contributed by atoms with van der Waals surface area (Å²) in [6, 6.07) is 6.10. The van der Waals surface area contributed by atoms with Gasteiger partial charge in [0.15, 0.2) is 0 Å². The van der Waals surface area contributed by atoms with Gasteiger partial charge in [0.2, 0.25) is 11.8 Å². The number of nitrogens with zero attached hydrogens (tertiary/aromatic N) is 2. The summed E-state index contributed by atoms with van der Waals surface area (Å²) in [6.45, 7) is 4.45. The molecule has 0 radical (unpaired) electrons. The lowest BCUT2D eigenvalue weighted by Crippen LogP contribution is -2.41. The largest absolute Gasteiger partial charge is 0.341 e. The van der Waals surface area contributed by atoms with E-state index in [0.717, 1.165) is 6.42 Å². The van der Waals surface area contributed by atoms with Crippen LogP contribution in [0.5, 0.6) is 0 Å². The van der Waals surface area contributed by atoms with Crippen LogP contribution in [-0.4, -0.2) is 54.3 Å². The number of amides is 2. The summed E-state index contributed by atoms with van der Waals surface area (Å²) >= 11 is 0. The maximum Gasteiger partial charge on any atom is 0.227 e. The van der Waals surface area contributed by atoms with Gasteiger partial charge in [-0.15, -0.1) is 12.4 Å². The van der Waals surface area contributed by atoms with E-state index >= 15 is 0 Å². The minimum atomic E-state index is -0.335. The minimum absolute atomic E-state index is 0. The Labute approximate surface area is 148 Å². The van der Waals surface area contributed by atoms with Crippen LogP contribution < -0.4 is 5.73 Å². The van der Waals surface area contributed by atoms with E-state index in [9.17, 15) is 14.0 Å². The van der Waals surface area contributed by atoms with Gasteiger partial charge < -0.3 is 15.5 Å². The second-order valence-corrected chi connectivity index (χ2v) is 6.00. The molecule has 5 nitrogen and oxygen atoms in total. The highest BCUT2D eigenvalue weighted by Crippen LogP contribution is 2.11. The Morgan fingerprint density at radius 1 is 1.21 bits per heavy atom. The van der Waals surface area contributed by atoms with Crippen molar-refractivity contribution in [1.82, 2.24) is 9.80 Å². The first kappa shape index (κ1) is 20.4. The Morgan fingerprint density at radius 2 is 1.88 bits per heavy atom. The van der Waals surface area contributed by atoms with Crippen molar-refractivity contribution in [2.24, 2.45) is 11.7 Å². The van der Waals surface area contributed by atoms with E-state index in [1.807, 2.05) is 6.92 Å². The molecule has 0 spiro atoms. The van der Waals surface area contributed by atoms with Crippen LogP contribution in [0.2, 0.25) is 0 Å². The first-order valence-corrected chi connectivity index (χ1v) is 8.02. The van der Waals surface area contributed by atoms with Gasteiger partial charge >= 0.3 is 0 Å². The number of hydrogen-bond acceptors (Lipinski definition) is 3. The predicted molar refractivity (Wildman–Crippen MR) is 93.3 cm³/mol. The van der Waals surface area contributed by atoms with Crippen LogP contribution in [0.4, 0.5) is 4.39 Å². The number of nitrogens with two attached hydrogens (primary N) is 1. The zero-order valence-corrected chi connectivity index (χ0v) is 14.7. The molecule has 134 valence electrons. The Hall–Kier alpha value is -1.66. The summed E-state index contributed by atoms with van der Waals surface area (Å²) in [5.74, 6) is -0.507. The minimum Gasteiger partial charge on any atom is -0.341 e. The summed E-state index contributed by atoms with van der Waals surface area (Å²) in [5.41, 5.74) is 6.22. The summed E-state index contributed by atoms with van der Waals surface area (Å²) in [5, 5.41) is 0. The number of halogens is 2. The molecular formula is C17H25ClFN3O2. The van der Waals surface area contributed by atoms with Gasteiger partial charge in [-0.2, -0.15) is 0 Å². The molecule has 0 aromatic heterocycles. The van der Waals surface area contributed by atoms with Crippen LogP contribution in [0.15, 0.2) is 24.3 Å². The third-order valence-corrected chi connectivity index (χ3v) is 4.18. The highest BCUT2D eigenvalue weighted by molar-refractivity contribution is 5.85. The van der Waals surface area contributed by atoms with Gasteiger partial charge in [-0.1, -0.05) is 19.1 Å². The zero-order valence-electron chi connectivity index (χ0n) is 13.9. The Bertz CT molecular complexity index is 571. The lowest BCUT2D eigenvalue weighted by Gasteiger charge is -2.24. The molecule has 1 saturated heterocycles. The lowest BCUT2D eigenvalue weighted by atomic mass is 10.1. The number of hydrogen-bond donors (Lipinski definition) is 1. The smallest absolute Gasteiger partial charge is 0.227 e. The van der Waals surface area contributed by atoms with Crippen LogP contribution in [0, 0.1) is 11.7 Å². The van der Waals surface area contributed by atoms with Gasteiger partial charge in [0.1, 0.15) is 5.82 Å². The van der Waals surface area contributed by atoms with Gasteiger partial charge in [-0.25, -0.2) is 4.39 Å². The van der Waals surface area contributed by atoms with Gasteiger partial charge in [-0.3, -0.25) is 9.59 Å². The molecule has 1 aliphatic rings. The van der Waals surface area contributed by atoms with Crippen molar-refractivity contribution in [2.75, 3.05) is 32.7 Å². The summed E-state index contributed by atoms with van der Waals surface area (Å²) in [4.78, 5) is 28.1. The molecule has 2 N–H and O–H groups in total. The van der Waals surface area contributed by atoms with Crippen LogP contribution >= 0.6 is 12.4 Å². The van der Waals surface area contributed by atoms with Crippen molar-refractivity contribution in [3.8, 4) is 0 Å². The normalized spacial score (nSPS) is 16.1. The van der Waals surface area contributed by atoms with Crippen LogP contribution in [0.1, 0.15) is 18.9 Å². The highest BCUT2D eigenvalue weighted by Gasteiger charge is 2.24. The molecule has 1 aromatic carbocycles. The average molecular weight is 358 g/mol. The van der Waals surface area contributed by atoms with Crippen molar-refractivity contribution in [3.05, 3.63) is 35.6 Å². The number of rotatable bonds is 4. The van der Waals surface area contributed by atoms with Crippen molar-refractivity contribution in [2.45, 2.75) is 19.8 Å². The Balaban J connectivity index is 0.00000288. The standard InChI is InChI=1S/C17H24FN3O2.ClH/c1-13(12-19)17(23)21-7-3-6-20(8-9-21)16(22)11-14-4-2-5-15(18)10-14;/h2,4-5,10,13H,3,6-9,11-12,19H2,1H3;1H. The van der Waals surface area contributed by atoms with Crippen LogP contribution in [-0.2, 0) is 16.0 Å². The SMILES string of the molecule is CC(CN)C(=O)N1CCCN(C(=O)Cc2cccc(F)c2)CC1.Cl. The van der Waals surface area contributed by atoms with E-state index in [4.69, 9.17) is 5.73 Å². The average Bonchev–Trinajstić information content (AvgIpc) is 2.79. The van der Waals surface area contributed by atoms with Crippen molar-refractivity contribution in [1.29, 1.82) is 0 Å². The second-order valence-electron chi connectivity index (χ2n) is 6.00. The Kier molecular flexibility index (Phi) is 8.15. The van der Waals surface area contributed by atoms with Gasteiger partial charge in [0, 0.05) is 38.6 Å². The van der Waals surface area contributed by atoms with E-state index in [0.29, 0.717) is 38.3 Å². The summed E-state index contributed by atoms with van der Waals surface area (Å²) in [7, 11) is 0. The molecule has 1 aromatic rings. The summed E-state index contributed by atoms with van der Waals surface area (Å²) in [6.07, 6.45) is 0.933. The van der Waals surface area contributed by atoms with E-state index in [1.54, 1.807) is 21.9 Å². The van der Waals surface area contributed by atoms with Crippen molar-refractivity contribution >= 4 is 24.2 Å². The quantitative estimate of drug-likeness (QED) is 0.886. The highest BCUT2D eigenvalue weighted by atomic mass is 35.5. The van der Waals surface area contributed by atoms with Crippen molar-refractivity contribution in [3.63, 3.8) is 0 Å². The molecule has 0 saturated carbocycles. The topological polar surface area (TPSA) is 66.6 Å². The van der Waals surface area contributed by atoms with E-state index in [-0.39, 0.29) is 42.4 Å². The zero-order chi connectivity index (χ0) is 16.8. The Morgan fingerprint density at radius 3 is 2.54 bits per heavy atom. The predicted octanol–water partition coefficient (Wildman–Crippen LogP) is 1.45. The lowest BCUT2D eigenvalue weighted by molar-refractivity contribution is -0.135. The summed E-state index contributed by atoms with van der Waals surface area (Å²) < 4.78 is 13.2. The van der Waals surface area contributed by atoms with E-state index < -0.39 is 0 Å². The first-order valence-electron chi connectivity index (χ1n) is 8.02. The van der Waals surface area contributed by atoms with E-state index in [1.165, 1.54) is 12.1 Å². The molecule has 24 heavy (non-hydrogen) atoms. The van der Waals surface area contributed by atoms with Gasteiger partial charge in [0.25, 0.3) is 0 Å². The van der Waals surface area contributed by atoms with E-state index in [2.05, 4.69) is 0 Å². The molecule has 0 bridgehead atoms. The maximum absolute atomic E-state index is 13.2. The molecule has 1 atom stereocenters. The molecule has 1 heterocycles. The fourth-order valence-electron chi connectivity index (χ4n) is 2.73. The first-order chi connectivity index (χ1) is 11.0. The maximum atomic E-state index is 13.2. The third-order valence-electron chi connectivity index (χ3n) is 4.18. The van der Waals surface area contributed by atoms with Crippen LogP contribution in [0.25, 0.3) is 0 Å². The van der Waals surface area contributed by atoms with Gasteiger partial charge in [-0.05, 0) is 24.1 Å². The molecule has 1 unspecified atom stereocenters. The molecular weight excluding hydrogens is 333 g/mol. The fourth-order valence-corrected chi connectivity index (χ4v) is 2.73. The second kappa shape index (κ2) is 9.59. The molecule has 2 rings (SSSR count). The molecule has 1 aliphatic heterocycles. The molecule has 2 amide bonds.